The fourth-order valence-corrected chi connectivity index (χ4v) is 5.01. The summed E-state index contributed by atoms with van der Waals surface area (Å²) in [6, 6.07) is 16.2. The van der Waals surface area contributed by atoms with E-state index in [2.05, 4.69) is 66.9 Å². The van der Waals surface area contributed by atoms with Gasteiger partial charge in [-0.2, -0.15) is 0 Å². The first kappa shape index (κ1) is 24.1. The fraction of sp³-hybridized carbons (Fsp3) is 0.393. The molecule has 1 fully saturated rings. The summed E-state index contributed by atoms with van der Waals surface area (Å²) in [5.74, 6) is 2.66. The summed E-state index contributed by atoms with van der Waals surface area (Å²) in [6.45, 7) is 4.40. The first-order valence-electron chi connectivity index (χ1n) is 12.7. The lowest BCUT2D eigenvalue weighted by Crippen LogP contribution is -2.39. The molecule has 36 heavy (non-hydrogen) atoms. The predicted octanol–water partition coefficient (Wildman–Crippen LogP) is 3.78. The number of H-pyrrole nitrogens is 1. The van der Waals surface area contributed by atoms with Crippen LogP contribution in [-0.2, 0) is 24.2 Å². The molecule has 0 bridgehead atoms. The van der Waals surface area contributed by atoms with Gasteiger partial charge in [-0.1, -0.05) is 30.3 Å². The third-order valence-electron chi connectivity index (χ3n) is 7.10. The number of aryl methyl sites for hydroxylation is 2. The number of carbonyl (C=O) groups is 1. The van der Waals surface area contributed by atoms with Crippen LogP contribution in [0.1, 0.15) is 48.6 Å². The molecule has 2 aromatic carbocycles. The molecule has 188 valence electrons. The van der Waals surface area contributed by atoms with Crippen LogP contribution < -0.4 is 15.4 Å². The van der Waals surface area contributed by atoms with Crippen molar-refractivity contribution in [1.82, 2.24) is 30.4 Å². The molecule has 5 rings (SSSR count). The Hall–Kier alpha value is -3.65. The summed E-state index contributed by atoms with van der Waals surface area (Å²) in [5.41, 5.74) is 3.53. The minimum absolute atomic E-state index is 0.0491. The second-order valence-electron chi connectivity index (χ2n) is 9.52. The van der Waals surface area contributed by atoms with Crippen LogP contribution in [0.2, 0.25) is 0 Å². The number of piperidine rings is 1. The molecule has 0 spiro atoms. The highest BCUT2D eigenvalue weighted by Crippen LogP contribution is 2.22. The van der Waals surface area contributed by atoms with Crippen LogP contribution in [0.3, 0.4) is 0 Å². The molecule has 1 saturated heterocycles. The number of carbonyl (C=O) groups excluding carboxylic acids is 1. The summed E-state index contributed by atoms with van der Waals surface area (Å²) in [5, 5.41) is 16.9. The molecule has 8 heteroatoms. The van der Waals surface area contributed by atoms with Crippen molar-refractivity contribution in [3.8, 4) is 5.75 Å². The first-order chi connectivity index (χ1) is 17.6. The number of aromatic amines is 1. The molecule has 0 aliphatic carbocycles. The van der Waals surface area contributed by atoms with E-state index in [0.717, 1.165) is 67.3 Å². The average Bonchev–Trinajstić information content (AvgIpc) is 3.52. The van der Waals surface area contributed by atoms with Gasteiger partial charge >= 0.3 is 0 Å². The second kappa shape index (κ2) is 11.0. The Labute approximate surface area is 211 Å². The Kier molecular flexibility index (Phi) is 7.32. The Morgan fingerprint density at radius 1 is 1.11 bits per heavy atom. The van der Waals surface area contributed by atoms with Gasteiger partial charge in [0, 0.05) is 29.4 Å². The Morgan fingerprint density at radius 3 is 2.67 bits per heavy atom. The molecule has 1 amide bonds. The van der Waals surface area contributed by atoms with E-state index in [9.17, 15) is 4.79 Å². The van der Waals surface area contributed by atoms with Gasteiger partial charge < -0.3 is 24.9 Å². The maximum Gasteiger partial charge on any atom is 0.223 e. The minimum atomic E-state index is -0.236. The van der Waals surface area contributed by atoms with Gasteiger partial charge in [0.2, 0.25) is 5.91 Å². The highest BCUT2D eigenvalue weighted by atomic mass is 16.5. The number of para-hydroxylation sites is 1. The quantitative estimate of drug-likeness (QED) is 0.335. The number of methoxy groups -OCH3 is 1. The van der Waals surface area contributed by atoms with E-state index >= 15 is 0 Å². The number of ether oxygens (including phenoxy) is 1. The van der Waals surface area contributed by atoms with Crippen LogP contribution in [0.4, 0.5) is 0 Å². The lowest BCUT2D eigenvalue weighted by Gasteiger charge is -2.24. The summed E-state index contributed by atoms with van der Waals surface area (Å²) in [4.78, 5) is 16.3. The monoisotopic (exact) mass is 486 g/mol. The highest BCUT2D eigenvalue weighted by Gasteiger charge is 2.25. The standard InChI is InChI=1S/C28H34N6O2/c1-19(31-28(35)21-13-15-29-16-14-21)27-33-32-26(34(27)18-20-7-10-23(36-2)11-8-20)12-9-22-17-30-25-6-4-3-5-24(22)25/h3-8,10-11,17,19,21,29-30H,9,12-16,18H2,1-2H3,(H,31,35)/t19-/m1/s1. The molecule has 1 aliphatic heterocycles. The van der Waals surface area contributed by atoms with Crippen molar-refractivity contribution < 1.29 is 9.53 Å². The number of rotatable bonds is 9. The molecule has 0 radical (unpaired) electrons. The fourth-order valence-electron chi connectivity index (χ4n) is 5.01. The third-order valence-corrected chi connectivity index (χ3v) is 7.10. The van der Waals surface area contributed by atoms with Crippen molar-refractivity contribution in [3.63, 3.8) is 0 Å². The number of nitrogens with one attached hydrogen (secondary N) is 3. The van der Waals surface area contributed by atoms with Crippen molar-refractivity contribution >= 4 is 16.8 Å². The molecule has 0 saturated carbocycles. The van der Waals surface area contributed by atoms with Crippen LogP contribution in [0.5, 0.6) is 5.75 Å². The maximum atomic E-state index is 12.9. The van der Waals surface area contributed by atoms with E-state index in [1.165, 1.54) is 10.9 Å². The number of nitrogens with zero attached hydrogens (tertiary/aromatic N) is 3. The first-order valence-corrected chi connectivity index (χ1v) is 12.7. The van der Waals surface area contributed by atoms with Gasteiger partial charge in [0.05, 0.1) is 19.7 Å². The molecule has 1 atom stereocenters. The van der Waals surface area contributed by atoms with E-state index in [1.54, 1.807) is 7.11 Å². The number of hydrogen-bond donors (Lipinski definition) is 3. The topological polar surface area (TPSA) is 96.9 Å². The van der Waals surface area contributed by atoms with Gasteiger partial charge in [-0.25, -0.2) is 0 Å². The van der Waals surface area contributed by atoms with Crippen LogP contribution in [-0.4, -0.2) is 45.9 Å². The largest absolute Gasteiger partial charge is 0.497 e. The molecule has 0 unspecified atom stereocenters. The molecule has 3 N–H and O–H groups in total. The third kappa shape index (κ3) is 5.28. The smallest absolute Gasteiger partial charge is 0.223 e. The van der Waals surface area contributed by atoms with E-state index in [1.807, 2.05) is 25.1 Å². The second-order valence-corrected chi connectivity index (χ2v) is 9.52. The van der Waals surface area contributed by atoms with Gasteiger partial charge in [-0.15, -0.1) is 10.2 Å². The van der Waals surface area contributed by atoms with Gasteiger partial charge in [0.15, 0.2) is 5.82 Å². The zero-order valence-corrected chi connectivity index (χ0v) is 21.0. The highest BCUT2D eigenvalue weighted by molar-refractivity contribution is 5.83. The zero-order chi connectivity index (χ0) is 24.9. The summed E-state index contributed by atoms with van der Waals surface area (Å²) >= 11 is 0. The average molecular weight is 487 g/mol. The number of fused-ring (bicyclic) bond motifs is 1. The van der Waals surface area contributed by atoms with E-state index in [4.69, 9.17) is 4.74 Å². The van der Waals surface area contributed by atoms with Crippen molar-refractivity contribution in [1.29, 1.82) is 0 Å². The van der Waals surface area contributed by atoms with Gasteiger partial charge in [0.25, 0.3) is 0 Å². The predicted molar refractivity (Wildman–Crippen MR) is 140 cm³/mol. The summed E-state index contributed by atoms with van der Waals surface area (Å²) < 4.78 is 7.48. The van der Waals surface area contributed by atoms with Crippen LogP contribution >= 0.6 is 0 Å². The van der Waals surface area contributed by atoms with E-state index in [0.29, 0.717) is 6.54 Å². The van der Waals surface area contributed by atoms with Crippen LogP contribution in [0.15, 0.2) is 54.7 Å². The van der Waals surface area contributed by atoms with Crippen molar-refractivity contribution in [2.75, 3.05) is 20.2 Å². The molecule has 4 aromatic rings. The SMILES string of the molecule is COc1ccc(Cn2c(CCc3c[nH]c4ccccc34)nnc2[C@@H](C)NC(=O)C2CCNCC2)cc1. The lowest BCUT2D eigenvalue weighted by atomic mass is 9.97. The van der Waals surface area contributed by atoms with Crippen LogP contribution in [0, 0.1) is 5.92 Å². The van der Waals surface area contributed by atoms with Gasteiger partial charge in [-0.05, 0) is 68.6 Å². The number of benzene rings is 2. The molecule has 8 nitrogen and oxygen atoms in total. The number of amides is 1. The minimum Gasteiger partial charge on any atom is -0.497 e. The lowest BCUT2D eigenvalue weighted by molar-refractivity contribution is -0.126. The summed E-state index contributed by atoms with van der Waals surface area (Å²) in [7, 11) is 1.67. The van der Waals surface area contributed by atoms with E-state index in [-0.39, 0.29) is 17.9 Å². The van der Waals surface area contributed by atoms with Crippen molar-refractivity contribution in [2.24, 2.45) is 5.92 Å². The summed E-state index contributed by atoms with van der Waals surface area (Å²) in [6.07, 6.45) is 5.41. The maximum absolute atomic E-state index is 12.9. The normalized spacial score (nSPS) is 15.2. The molecular weight excluding hydrogens is 452 g/mol. The molecule has 3 heterocycles. The van der Waals surface area contributed by atoms with Crippen molar-refractivity contribution in [2.45, 2.75) is 45.2 Å². The van der Waals surface area contributed by atoms with E-state index < -0.39 is 0 Å². The van der Waals surface area contributed by atoms with Gasteiger partial charge in [0.1, 0.15) is 11.6 Å². The molecular formula is C28H34N6O2. The molecule has 1 aliphatic rings. The van der Waals surface area contributed by atoms with Gasteiger partial charge in [-0.3, -0.25) is 4.79 Å². The van der Waals surface area contributed by atoms with Crippen molar-refractivity contribution in [3.05, 3.63) is 77.5 Å². The Morgan fingerprint density at radius 2 is 1.89 bits per heavy atom. The molecule has 2 aromatic heterocycles. The zero-order valence-electron chi connectivity index (χ0n) is 21.0. The number of hydrogen-bond acceptors (Lipinski definition) is 5. The number of aromatic nitrogens is 4. The Balaban J connectivity index is 1.38. The Bertz CT molecular complexity index is 1300. The van der Waals surface area contributed by atoms with Crippen LogP contribution in [0.25, 0.3) is 10.9 Å².